The van der Waals surface area contributed by atoms with Crippen LogP contribution in [0.5, 0.6) is 0 Å². The van der Waals surface area contributed by atoms with E-state index in [1.54, 1.807) is 69.3 Å². The molecule has 18 heteroatoms. The third kappa shape index (κ3) is 9.51. The van der Waals surface area contributed by atoms with Crippen LogP contribution in [0, 0.1) is 17.3 Å². The van der Waals surface area contributed by atoms with Crippen LogP contribution in [0.3, 0.4) is 0 Å². The fourth-order valence-electron chi connectivity index (χ4n) is 9.37. The van der Waals surface area contributed by atoms with Crippen molar-refractivity contribution in [2.75, 3.05) is 13.2 Å². The minimum Gasteiger partial charge on any atom is -0.460 e. The molecule has 2 aromatic rings. The number of alkyl halides is 3. The summed E-state index contributed by atoms with van der Waals surface area (Å²) in [6, 6.07) is 11.3. The molecule has 340 valence electrons. The van der Waals surface area contributed by atoms with Crippen LogP contribution in [0.1, 0.15) is 92.8 Å². The van der Waals surface area contributed by atoms with Gasteiger partial charge in [0.2, 0.25) is 5.91 Å². The largest absolute Gasteiger partial charge is 0.460 e. The first-order valence-electron chi connectivity index (χ1n) is 21.4. The van der Waals surface area contributed by atoms with Gasteiger partial charge in [-0.1, -0.05) is 36.4 Å². The minimum atomic E-state index is -4.69. The topological polar surface area (TPSA) is 188 Å². The number of benzene rings is 2. The molecular formula is C45H52F3N3O12. The van der Waals surface area contributed by atoms with Crippen LogP contribution in [0.2, 0.25) is 0 Å². The summed E-state index contributed by atoms with van der Waals surface area (Å²) in [5.41, 5.74) is -0.439. The number of nitrogens with one attached hydrogen (secondary N) is 2. The van der Waals surface area contributed by atoms with Crippen LogP contribution in [-0.4, -0.2) is 107 Å². The summed E-state index contributed by atoms with van der Waals surface area (Å²) < 4.78 is 67.5. The fourth-order valence-corrected chi connectivity index (χ4v) is 9.37. The number of aliphatic hydroxyl groups excluding tert-OH is 1. The number of hydrogen-bond acceptors (Lipinski definition) is 13. The molecular weight excluding hydrogens is 831 g/mol. The van der Waals surface area contributed by atoms with Crippen molar-refractivity contribution < 1.29 is 70.8 Å². The zero-order chi connectivity index (χ0) is 44.9. The summed E-state index contributed by atoms with van der Waals surface area (Å²) in [7, 11) is 0. The van der Waals surface area contributed by atoms with E-state index >= 15 is 0 Å². The summed E-state index contributed by atoms with van der Waals surface area (Å²) >= 11 is 0. The van der Waals surface area contributed by atoms with Gasteiger partial charge in [-0.25, -0.2) is 4.79 Å². The summed E-state index contributed by atoms with van der Waals surface area (Å²) in [6.45, 7) is 2.97. The lowest BCUT2D eigenvalue weighted by atomic mass is 9.62. The molecule has 6 aliphatic rings. The lowest BCUT2D eigenvalue weighted by molar-refractivity contribution is -0.235. The zero-order valence-corrected chi connectivity index (χ0v) is 35.2. The first-order chi connectivity index (χ1) is 29.9. The van der Waals surface area contributed by atoms with Crippen molar-refractivity contribution in [3.05, 3.63) is 76.9 Å². The van der Waals surface area contributed by atoms with Crippen LogP contribution in [0.15, 0.2) is 54.6 Å². The number of hydroxylamine groups is 2. The molecule has 2 aromatic carbocycles. The van der Waals surface area contributed by atoms with Gasteiger partial charge in [-0.2, -0.15) is 18.2 Å². The number of carbonyl (C=O) groups is 5. The molecule has 8 rings (SSSR count). The Hall–Kier alpha value is -4.88. The Morgan fingerprint density at radius 1 is 1.00 bits per heavy atom. The quantitative estimate of drug-likeness (QED) is 0.122. The van der Waals surface area contributed by atoms with E-state index in [2.05, 4.69) is 15.4 Å². The minimum absolute atomic E-state index is 0.0105. The summed E-state index contributed by atoms with van der Waals surface area (Å²) in [4.78, 5) is 73.6. The van der Waals surface area contributed by atoms with Crippen molar-refractivity contribution >= 4 is 35.8 Å². The monoisotopic (exact) mass is 883 g/mol. The molecule has 3 saturated carbocycles. The maximum Gasteiger partial charge on any atom is 0.422 e. The number of halogens is 3. The van der Waals surface area contributed by atoms with E-state index in [1.165, 1.54) is 11.1 Å². The van der Waals surface area contributed by atoms with Crippen LogP contribution < -0.4 is 10.6 Å². The standard InChI is InChI=1S/C45H52F3N3O12/c1-42(2,3)60-34(54)18-16-31(23-52)50-39(55)27-10-6-7-25(19-27)21-49-41(57)43-20-32-35-36(62-45(61-35,29-12-13-29)30-14-15-30)38(43)63-51(37(43)40(56)59-32)22-28-9-5-4-8-26(28)11-17-33(53)58-24-44(46,47)48/h4-11,17,19,29-32,35-38,52H,12-16,18,20-24H2,1-3H3,(H,49,57)(H,50,55). The average Bonchev–Trinajstić information content (AvgIpc) is 4.18. The SMILES string of the molecule is CC(C)(C)OC(=O)CCC(CO)NC(=O)c1cccc(CNC(=O)C23CC4OC(=O)C2N(Cc2ccccc2C=CC(=O)OCC(F)(F)F)OC3C2OC(C3CC3)(C3CC3)OC42)c1. The van der Waals surface area contributed by atoms with E-state index in [0.29, 0.717) is 16.7 Å². The molecule has 3 saturated heterocycles. The smallest absolute Gasteiger partial charge is 0.422 e. The van der Waals surface area contributed by atoms with E-state index in [-0.39, 0.29) is 49.8 Å². The molecule has 63 heavy (non-hydrogen) atoms. The molecule has 7 unspecified atom stereocenters. The number of amides is 2. The van der Waals surface area contributed by atoms with Crippen molar-refractivity contribution in [3.8, 4) is 0 Å². The highest BCUT2D eigenvalue weighted by Crippen LogP contribution is 2.63. The molecule has 3 aliphatic carbocycles. The number of nitrogens with zero attached hydrogens (tertiary/aromatic N) is 1. The van der Waals surface area contributed by atoms with Crippen molar-refractivity contribution in [3.63, 3.8) is 0 Å². The van der Waals surface area contributed by atoms with Crippen molar-refractivity contribution in [2.45, 2.75) is 133 Å². The van der Waals surface area contributed by atoms with Crippen LogP contribution in [0.25, 0.3) is 6.08 Å². The maximum absolute atomic E-state index is 14.9. The second-order valence-electron chi connectivity index (χ2n) is 18.3. The number of esters is 3. The van der Waals surface area contributed by atoms with Gasteiger partial charge in [-0.15, -0.1) is 0 Å². The molecule has 0 spiro atoms. The van der Waals surface area contributed by atoms with E-state index in [1.807, 2.05) is 0 Å². The van der Waals surface area contributed by atoms with Gasteiger partial charge < -0.3 is 39.4 Å². The van der Waals surface area contributed by atoms with Gasteiger partial charge in [0, 0.05) is 42.9 Å². The molecule has 3 N–H and O–H groups in total. The summed E-state index contributed by atoms with van der Waals surface area (Å²) in [5.74, 6) is -3.91. The molecule has 3 aliphatic heterocycles. The van der Waals surface area contributed by atoms with Gasteiger partial charge in [0.15, 0.2) is 18.4 Å². The number of fused-ring (bicyclic) bond motifs is 4. The van der Waals surface area contributed by atoms with Crippen LogP contribution in [0.4, 0.5) is 13.2 Å². The Bertz CT molecular complexity index is 2120. The van der Waals surface area contributed by atoms with Gasteiger partial charge in [-0.3, -0.25) is 24.0 Å². The number of aliphatic hydroxyl groups is 1. The first kappa shape index (κ1) is 44.7. The highest BCUT2D eigenvalue weighted by molar-refractivity contribution is 5.95. The molecule has 15 nitrogen and oxygen atoms in total. The molecule has 0 radical (unpaired) electrons. The number of hydrogen-bond donors (Lipinski definition) is 3. The highest BCUT2D eigenvalue weighted by atomic mass is 19.4. The van der Waals surface area contributed by atoms with E-state index in [9.17, 15) is 42.3 Å². The lowest BCUT2D eigenvalue weighted by Crippen LogP contribution is -2.69. The van der Waals surface area contributed by atoms with Gasteiger partial charge in [0.05, 0.1) is 19.2 Å². The van der Waals surface area contributed by atoms with Crippen molar-refractivity contribution in [1.82, 2.24) is 15.7 Å². The second kappa shape index (κ2) is 17.3. The number of carbonyl (C=O) groups excluding carboxylic acids is 5. The normalized spacial score (nSPS) is 27.9. The van der Waals surface area contributed by atoms with E-state index < -0.39 is 102 Å². The van der Waals surface area contributed by atoms with Crippen LogP contribution in [-0.2, 0) is 60.8 Å². The summed E-state index contributed by atoms with van der Waals surface area (Å²) in [6.07, 6.45) is -1.90. The third-order valence-corrected chi connectivity index (χ3v) is 12.4. The van der Waals surface area contributed by atoms with E-state index in [4.69, 9.17) is 23.8 Å². The van der Waals surface area contributed by atoms with Crippen LogP contribution >= 0.6 is 0 Å². The van der Waals surface area contributed by atoms with Crippen molar-refractivity contribution in [2.24, 2.45) is 17.3 Å². The Labute approximate surface area is 361 Å². The lowest BCUT2D eigenvalue weighted by Gasteiger charge is -2.48. The number of rotatable bonds is 16. The first-order valence-corrected chi connectivity index (χ1v) is 21.4. The second-order valence-corrected chi connectivity index (χ2v) is 18.3. The Morgan fingerprint density at radius 3 is 2.40 bits per heavy atom. The molecule has 6 fully saturated rings. The highest BCUT2D eigenvalue weighted by Gasteiger charge is 2.78. The summed E-state index contributed by atoms with van der Waals surface area (Å²) in [5, 5.41) is 17.1. The molecule has 2 amide bonds. The van der Waals surface area contributed by atoms with E-state index in [0.717, 1.165) is 31.8 Å². The molecule has 7 atom stereocenters. The zero-order valence-electron chi connectivity index (χ0n) is 35.2. The third-order valence-electron chi connectivity index (χ3n) is 12.4. The molecule has 0 aromatic heterocycles. The predicted molar refractivity (Wildman–Crippen MR) is 213 cm³/mol. The van der Waals surface area contributed by atoms with Gasteiger partial charge >= 0.3 is 24.1 Å². The predicted octanol–water partition coefficient (Wildman–Crippen LogP) is 4.43. The average molecular weight is 884 g/mol. The van der Waals surface area contributed by atoms with Gasteiger partial charge in [0.25, 0.3) is 5.91 Å². The van der Waals surface area contributed by atoms with Gasteiger partial charge in [0.1, 0.15) is 35.4 Å². The molecule has 3 heterocycles. The fraction of sp³-hybridized carbons (Fsp3) is 0.578. The maximum atomic E-state index is 14.9. The van der Waals surface area contributed by atoms with Crippen molar-refractivity contribution in [1.29, 1.82) is 0 Å². The Balaban J connectivity index is 1.02. The Kier molecular flexibility index (Phi) is 12.2. The molecule has 2 bridgehead atoms. The Morgan fingerprint density at radius 2 is 1.71 bits per heavy atom. The van der Waals surface area contributed by atoms with Gasteiger partial charge in [-0.05, 0) is 87.8 Å². The number of ether oxygens (including phenoxy) is 5.